The maximum Gasteiger partial charge on any atom is 0.147 e. The highest BCUT2D eigenvalue weighted by Gasteiger charge is 2.17. The predicted molar refractivity (Wildman–Crippen MR) is 81.6 cm³/mol. The second-order valence-electron chi connectivity index (χ2n) is 4.71. The van der Waals surface area contributed by atoms with Crippen molar-refractivity contribution >= 4 is 22.4 Å². The molecule has 6 heteroatoms. The number of likely N-dealkylation sites (N-methyl/N-ethyl adjacent to an activating group) is 2. The average molecular weight is 277 g/mol. The highest BCUT2D eigenvalue weighted by Crippen LogP contribution is 2.38. The third-order valence-corrected chi connectivity index (χ3v) is 3.86. The Labute approximate surface area is 117 Å². The van der Waals surface area contributed by atoms with Crippen LogP contribution in [0, 0.1) is 0 Å². The predicted octanol–water partition coefficient (Wildman–Crippen LogP) is 1.79. The van der Waals surface area contributed by atoms with Gasteiger partial charge in [0.05, 0.1) is 5.56 Å². The number of nitrogens with zero attached hydrogens (tertiary/aromatic N) is 4. The van der Waals surface area contributed by atoms with Gasteiger partial charge in [-0.25, -0.2) is 0 Å². The summed E-state index contributed by atoms with van der Waals surface area (Å²) in [6.45, 7) is 1.92. The number of hydrogen-bond acceptors (Lipinski definition) is 6. The van der Waals surface area contributed by atoms with Crippen molar-refractivity contribution in [3.8, 4) is 11.1 Å². The van der Waals surface area contributed by atoms with Gasteiger partial charge in [-0.05, 0) is 31.7 Å². The first kappa shape index (κ1) is 13.8. The van der Waals surface area contributed by atoms with Crippen molar-refractivity contribution in [2.75, 3.05) is 44.9 Å². The Morgan fingerprint density at radius 1 is 1.26 bits per heavy atom. The molecule has 19 heavy (non-hydrogen) atoms. The molecule has 2 aromatic heterocycles. The van der Waals surface area contributed by atoms with Crippen LogP contribution in [0.15, 0.2) is 24.5 Å². The Morgan fingerprint density at radius 3 is 2.68 bits per heavy atom. The van der Waals surface area contributed by atoms with Crippen molar-refractivity contribution in [1.29, 1.82) is 0 Å². The molecule has 2 N–H and O–H groups in total. The smallest absolute Gasteiger partial charge is 0.147 e. The Morgan fingerprint density at radius 2 is 2.05 bits per heavy atom. The number of nitrogen functional groups attached to an aromatic ring is 1. The molecule has 0 spiro atoms. The quantitative estimate of drug-likeness (QED) is 0.903. The van der Waals surface area contributed by atoms with Crippen molar-refractivity contribution in [3.05, 3.63) is 24.5 Å². The zero-order valence-electron chi connectivity index (χ0n) is 11.5. The van der Waals surface area contributed by atoms with Gasteiger partial charge in [0.15, 0.2) is 0 Å². The minimum atomic E-state index is 0.574. The van der Waals surface area contributed by atoms with Crippen LogP contribution in [0.5, 0.6) is 0 Å². The molecule has 0 bridgehead atoms. The fraction of sp³-hybridized carbons (Fsp3) is 0.385. The molecule has 0 saturated carbocycles. The fourth-order valence-corrected chi connectivity index (χ4v) is 2.61. The maximum absolute atomic E-state index is 6.00. The molecule has 0 aliphatic carbocycles. The van der Waals surface area contributed by atoms with E-state index < -0.39 is 0 Å². The monoisotopic (exact) mass is 277 g/mol. The summed E-state index contributed by atoms with van der Waals surface area (Å²) in [4.78, 5) is 8.50. The molecular formula is C13H19N5S. The summed E-state index contributed by atoms with van der Waals surface area (Å²) in [5.74, 6) is 0.574. The van der Waals surface area contributed by atoms with Crippen LogP contribution in [0.25, 0.3) is 11.1 Å². The Kier molecular flexibility index (Phi) is 4.34. The Hall–Kier alpha value is -1.66. The van der Waals surface area contributed by atoms with Crippen molar-refractivity contribution in [3.63, 3.8) is 0 Å². The van der Waals surface area contributed by atoms with Gasteiger partial charge >= 0.3 is 0 Å². The van der Waals surface area contributed by atoms with E-state index in [0.29, 0.717) is 5.82 Å². The molecule has 5 nitrogen and oxygen atoms in total. The van der Waals surface area contributed by atoms with E-state index in [1.165, 1.54) is 11.5 Å². The normalized spacial score (nSPS) is 10.9. The average Bonchev–Trinajstić information content (AvgIpc) is 2.79. The fourth-order valence-electron chi connectivity index (χ4n) is 1.79. The topological polar surface area (TPSA) is 58.3 Å². The molecule has 0 saturated heterocycles. The lowest BCUT2D eigenvalue weighted by atomic mass is 10.1. The SMILES string of the molecule is CN(C)CCN(C)c1snc(N)c1-c1cccnc1. The lowest BCUT2D eigenvalue weighted by Gasteiger charge is -2.20. The van der Waals surface area contributed by atoms with E-state index >= 15 is 0 Å². The summed E-state index contributed by atoms with van der Waals surface area (Å²) in [5, 5.41) is 1.09. The van der Waals surface area contributed by atoms with E-state index in [4.69, 9.17) is 5.73 Å². The third kappa shape index (κ3) is 3.21. The van der Waals surface area contributed by atoms with Crippen LogP contribution in [0.1, 0.15) is 0 Å². The van der Waals surface area contributed by atoms with Crippen LogP contribution in [-0.2, 0) is 0 Å². The summed E-state index contributed by atoms with van der Waals surface area (Å²) < 4.78 is 4.28. The van der Waals surface area contributed by atoms with Gasteiger partial charge in [0.25, 0.3) is 0 Å². The van der Waals surface area contributed by atoms with E-state index in [1.54, 1.807) is 6.20 Å². The van der Waals surface area contributed by atoms with Crippen LogP contribution in [-0.4, -0.2) is 48.5 Å². The second kappa shape index (κ2) is 5.99. The Bertz CT molecular complexity index is 523. The van der Waals surface area contributed by atoms with E-state index in [9.17, 15) is 0 Å². The molecule has 0 aliphatic rings. The van der Waals surface area contributed by atoms with Crippen LogP contribution in [0.4, 0.5) is 10.8 Å². The lowest BCUT2D eigenvalue weighted by molar-refractivity contribution is 0.417. The van der Waals surface area contributed by atoms with E-state index in [2.05, 4.69) is 40.3 Å². The molecule has 0 aliphatic heterocycles. The number of pyridine rings is 1. The minimum absolute atomic E-state index is 0.574. The summed E-state index contributed by atoms with van der Waals surface area (Å²) in [7, 11) is 6.20. The zero-order valence-corrected chi connectivity index (χ0v) is 12.3. The van der Waals surface area contributed by atoms with Crippen molar-refractivity contribution in [1.82, 2.24) is 14.3 Å². The van der Waals surface area contributed by atoms with Gasteiger partial charge in [0.2, 0.25) is 0 Å². The van der Waals surface area contributed by atoms with Crippen LogP contribution in [0.2, 0.25) is 0 Å². The highest BCUT2D eigenvalue weighted by molar-refractivity contribution is 7.11. The van der Waals surface area contributed by atoms with Gasteiger partial charge < -0.3 is 15.5 Å². The number of anilines is 2. The number of rotatable bonds is 5. The summed E-state index contributed by atoms with van der Waals surface area (Å²) in [5.41, 5.74) is 8.00. The zero-order chi connectivity index (χ0) is 13.8. The second-order valence-corrected chi connectivity index (χ2v) is 5.47. The van der Waals surface area contributed by atoms with Gasteiger partial charge in [-0.2, -0.15) is 4.37 Å². The molecule has 0 fully saturated rings. The molecule has 2 aromatic rings. The molecule has 0 unspecified atom stereocenters. The number of aromatic nitrogens is 2. The molecule has 2 heterocycles. The van der Waals surface area contributed by atoms with Crippen molar-refractivity contribution in [2.24, 2.45) is 0 Å². The van der Waals surface area contributed by atoms with Crippen molar-refractivity contribution < 1.29 is 0 Å². The highest BCUT2D eigenvalue weighted by atomic mass is 32.1. The summed E-state index contributed by atoms with van der Waals surface area (Å²) in [6, 6.07) is 3.92. The Balaban J connectivity index is 2.27. The largest absolute Gasteiger partial charge is 0.382 e. The maximum atomic E-state index is 6.00. The third-order valence-electron chi connectivity index (χ3n) is 2.88. The van der Waals surface area contributed by atoms with Gasteiger partial charge in [-0.15, -0.1) is 0 Å². The molecule has 102 valence electrons. The molecule has 0 amide bonds. The van der Waals surface area contributed by atoms with Gasteiger partial charge in [-0.3, -0.25) is 4.98 Å². The molecule has 2 rings (SSSR count). The first-order chi connectivity index (χ1) is 9.09. The molecule has 0 atom stereocenters. The van der Waals surface area contributed by atoms with E-state index in [0.717, 1.165) is 29.2 Å². The van der Waals surface area contributed by atoms with Gasteiger partial charge in [0, 0.05) is 38.1 Å². The molecule has 0 radical (unpaired) electrons. The standard InChI is InChI=1S/C13H19N5S/c1-17(2)7-8-18(3)13-11(12(14)16-19-13)10-5-4-6-15-9-10/h4-6,9H,7-8H2,1-3H3,(H2,14,16). The number of hydrogen-bond donors (Lipinski definition) is 1. The first-order valence-electron chi connectivity index (χ1n) is 6.11. The lowest BCUT2D eigenvalue weighted by Crippen LogP contribution is -2.28. The van der Waals surface area contributed by atoms with Crippen molar-refractivity contribution in [2.45, 2.75) is 0 Å². The van der Waals surface area contributed by atoms with E-state index in [1.807, 2.05) is 18.3 Å². The van der Waals surface area contributed by atoms with Gasteiger partial charge in [-0.1, -0.05) is 6.07 Å². The molecule has 0 aromatic carbocycles. The minimum Gasteiger partial charge on any atom is -0.382 e. The summed E-state index contributed by atoms with van der Waals surface area (Å²) in [6.07, 6.45) is 3.58. The van der Waals surface area contributed by atoms with Crippen LogP contribution < -0.4 is 10.6 Å². The van der Waals surface area contributed by atoms with E-state index in [-0.39, 0.29) is 0 Å². The number of nitrogens with two attached hydrogens (primary N) is 1. The van der Waals surface area contributed by atoms with Crippen LogP contribution >= 0.6 is 11.5 Å². The first-order valence-corrected chi connectivity index (χ1v) is 6.88. The van der Waals surface area contributed by atoms with Crippen LogP contribution in [0.3, 0.4) is 0 Å². The summed E-state index contributed by atoms with van der Waals surface area (Å²) >= 11 is 1.44. The molecular weight excluding hydrogens is 258 g/mol. The van der Waals surface area contributed by atoms with Gasteiger partial charge in [0.1, 0.15) is 10.8 Å².